The Kier molecular flexibility index (Phi) is 10.00. The van der Waals surface area contributed by atoms with Gasteiger partial charge in [-0.15, -0.1) is 0 Å². The normalized spacial score (nSPS) is 13.9. The Morgan fingerprint density at radius 2 is 1.45 bits per heavy atom. The average molecular weight is 341 g/mol. The van der Waals surface area contributed by atoms with Gasteiger partial charge in [0.25, 0.3) is 0 Å². The first kappa shape index (κ1) is 21.4. The fraction of sp³-hybridized carbons (Fsp3) is 0.933. The lowest BCUT2D eigenvalue weighted by Gasteiger charge is -2.18. The van der Waals surface area contributed by atoms with Crippen LogP contribution in [0.25, 0.3) is 0 Å². The van der Waals surface area contributed by atoms with Crippen LogP contribution in [0.5, 0.6) is 0 Å². The standard InChI is InChI=1S/C15H28F2O4S/c1-14(2,3)13(18)21-12-10-8-6-4-5-7-9-11-15(16,17)22(19)20/h4-12H2,1-3H3,(H,19,20)/p-1. The van der Waals surface area contributed by atoms with Crippen LogP contribution in [0.4, 0.5) is 8.78 Å². The first-order chi connectivity index (χ1) is 10.1. The van der Waals surface area contributed by atoms with E-state index >= 15 is 0 Å². The summed E-state index contributed by atoms with van der Waals surface area (Å²) in [5.74, 6) is -0.204. The summed E-state index contributed by atoms with van der Waals surface area (Å²) >= 11 is -3.32. The van der Waals surface area contributed by atoms with E-state index in [9.17, 15) is 22.3 Å². The van der Waals surface area contributed by atoms with E-state index in [2.05, 4.69) is 0 Å². The molecule has 1 atom stereocenters. The second-order valence-electron chi connectivity index (χ2n) is 6.48. The summed E-state index contributed by atoms with van der Waals surface area (Å²) in [6.07, 6.45) is 4.62. The first-order valence-corrected chi connectivity index (χ1v) is 8.79. The van der Waals surface area contributed by atoms with Crippen LogP contribution in [0.2, 0.25) is 0 Å². The molecular formula is C15H27F2O4S-. The second-order valence-corrected chi connectivity index (χ2v) is 7.55. The maximum absolute atomic E-state index is 12.8. The van der Waals surface area contributed by atoms with Gasteiger partial charge in [-0.25, -0.2) is 0 Å². The second kappa shape index (κ2) is 10.3. The Bertz CT molecular complexity index is 354. The molecule has 132 valence electrons. The monoisotopic (exact) mass is 341 g/mol. The summed E-state index contributed by atoms with van der Waals surface area (Å²) < 4.78 is 51.1. The van der Waals surface area contributed by atoms with Crippen LogP contribution >= 0.6 is 0 Å². The van der Waals surface area contributed by atoms with Gasteiger partial charge in [0.1, 0.15) is 0 Å². The molecule has 0 saturated heterocycles. The minimum atomic E-state index is -3.60. The number of esters is 1. The van der Waals surface area contributed by atoms with E-state index < -0.39 is 28.2 Å². The van der Waals surface area contributed by atoms with E-state index in [1.165, 1.54) is 0 Å². The summed E-state index contributed by atoms with van der Waals surface area (Å²) in [4.78, 5) is 11.5. The number of halogens is 2. The number of hydrogen-bond acceptors (Lipinski definition) is 4. The molecule has 0 spiro atoms. The molecule has 0 bridgehead atoms. The Hall–Kier alpha value is -0.560. The Labute approximate surface area is 134 Å². The summed E-state index contributed by atoms with van der Waals surface area (Å²) in [6, 6.07) is 0. The van der Waals surface area contributed by atoms with Crippen molar-refractivity contribution in [1.29, 1.82) is 0 Å². The Morgan fingerprint density at radius 3 is 1.91 bits per heavy atom. The molecular weight excluding hydrogens is 314 g/mol. The molecule has 0 aromatic heterocycles. The van der Waals surface area contributed by atoms with Crippen LogP contribution in [0.3, 0.4) is 0 Å². The summed E-state index contributed by atoms with van der Waals surface area (Å²) in [5.41, 5.74) is -0.476. The van der Waals surface area contributed by atoms with Crippen molar-refractivity contribution in [1.82, 2.24) is 0 Å². The van der Waals surface area contributed by atoms with Crippen molar-refractivity contribution >= 4 is 17.0 Å². The van der Waals surface area contributed by atoms with Crippen molar-refractivity contribution in [2.24, 2.45) is 5.41 Å². The van der Waals surface area contributed by atoms with Crippen molar-refractivity contribution in [2.45, 2.75) is 77.4 Å². The molecule has 0 N–H and O–H groups in total. The Balaban J connectivity index is 3.42. The topological polar surface area (TPSA) is 66.4 Å². The van der Waals surface area contributed by atoms with Gasteiger partial charge in [0, 0.05) is 17.5 Å². The number of rotatable bonds is 11. The molecule has 0 aliphatic rings. The molecule has 7 heteroatoms. The fourth-order valence-electron chi connectivity index (χ4n) is 1.78. The Morgan fingerprint density at radius 1 is 1.00 bits per heavy atom. The first-order valence-electron chi connectivity index (χ1n) is 7.72. The van der Waals surface area contributed by atoms with Crippen molar-refractivity contribution < 1.29 is 27.1 Å². The van der Waals surface area contributed by atoms with Crippen molar-refractivity contribution in [3.63, 3.8) is 0 Å². The van der Waals surface area contributed by atoms with Crippen LogP contribution in [0, 0.1) is 5.41 Å². The predicted octanol–water partition coefficient (Wildman–Crippen LogP) is 4.17. The van der Waals surface area contributed by atoms with Crippen LogP contribution in [-0.4, -0.2) is 26.6 Å². The van der Waals surface area contributed by atoms with Crippen LogP contribution in [-0.2, 0) is 20.6 Å². The van der Waals surface area contributed by atoms with Gasteiger partial charge in [-0.3, -0.25) is 9.00 Å². The zero-order valence-corrected chi connectivity index (χ0v) is 14.5. The van der Waals surface area contributed by atoms with Crippen molar-refractivity contribution in [2.75, 3.05) is 6.61 Å². The molecule has 0 saturated carbocycles. The molecule has 0 amide bonds. The van der Waals surface area contributed by atoms with E-state index in [-0.39, 0.29) is 12.4 Å². The highest BCUT2D eigenvalue weighted by Gasteiger charge is 2.29. The highest BCUT2D eigenvalue weighted by Crippen LogP contribution is 2.25. The predicted molar refractivity (Wildman–Crippen MR) is 81.2 cm³/mol. The van der Waals surface area contributed by atoms with Gasteiger partial charge in [-0.2, -0.15) is 8.78 Å². The summed E-state index contributed by atoms with van der Waals surface area (Å²) in [5, 5.41) is -3.60. The fourth-order valence-corrected chi connectivity index (χ4v) is 2.09. The molecule has 0 fully saturated rings. The molecule has 0 aliphatic heterocycles. The minimum absolute atomic E-state index is 0.204. The lowest BCUT2D eigenvalue weighted by molar-refractivity contribution is -0.153. The summed E-state index contributed by atoms with van der Waals surface area (Å²) in [6.45, 7) is 5.83. The number of alkyl halides is 2. The maximum atomic E-state index is 12.8. The third-order valence-electron chi connectivity index (χ3n) is 3.20. The van der Waals surface area contributed by atoms with E-state index in [0.29, 0.717) is 13.0 Å². The van der Waals surface area contributed by atoms with Crippen molar-refractivity contribution in [3.8, 4) is 0 Å². The van der Waals surface area contributed by atoms with E-state index in [4.69, 9.17) is 4.74 Å². The van der Waals surface area contributed by atoms with Gasteiger partial charge in [-0.05, 0) is 33.6 Å². The molecule has 1 unspecified atom stereocenters. The largest absolute Gasteiger partial charge is 0.768 e. The number of carbonyl (C=O) groups is 1. The van der Waals surface area contributed by atoms with Crippen LogP contribution in [0.1, 0.15) is 72.1 Å². The smallest absolute Gasteiger partial charge is 0.311 e. The maximum Gasteiger partial charge on any atom is 0.311 e. The molecule has 0 rings (SSSR count). The van der Waals surface area contributed by atoms with Gasteiger partial charge in [0.05, 0.1) is 12.0 Å². The van der Waals surface area contributed by atoms with Crippen molar-refractivity contribution in [3.05, 3.63) is 0 Å². The quantitative estimate of drug-likeness (QED) is 0.321. The SMILES string of the molecule is CC(C)(C)C(=O)OCCCCCCCCCC(F)(F)S(=O)[O-]. The number of hydrogen-bond donors (Lipinski definition) is 0. The zero-order chi connectivity index (χ0) is 17.2. The molecule has 0 aromatic rings. The third kappa shape index (κ3) is 10.2. The van der Waals surface area contributed by atoms with Gasteiger partial charge < -0.3 is 9.29 Å². The van der Waals surface area contributed by atoms with Crippen LogP contribution in [0.15, 0.2) is 0 Å². The highest BCUT2D eigenvalue weighted by atomic mass is 32.2. The van der Waals surface area contributed by atoms with Gasteiger partial charge in [-0.1, -0.05) is 32.1 Å². The van der Waals surface area contributed by atoms with Gasteiger partial charge in [0.15, 0.2) is 0 Å². The molecule has 0 aromatic carbocycles. The average Bonchev–Trinajstić information content (AvgIpc) is 2.39. The number of unbranched alkanes of at least 4 members (excludes halogenated alkanes) is 6. The highest BCUT2D eigenvalue weighted by molar-refractivity contribution is 7.80. The third-order valence-corrected chi connectivity index (χ3v) is 3.89. The number of ether oxygens (including phenoxy) is 1. The van der Waals surface area contributed by atoms with Crippen LogP contribution < -0.4 is 0 Å². The number of carbonyl (C=O) groups excluding carboxylic acids is 1. The van der Waals surface area contributed by atoms with E-state index in [0.717, 1.165) is 32.1 Å². The lowest BCUT2D eigenvalue weighted by Crippen LogP contribution is -2.23. The lowest BCUT2D eigenvalue weighted by atomic mass is 9.97. The molecule has 0 heterocycles. The van der Waals surface area contributed by atoms with E-state index in [1.54, 1.807) is 20.8 Å². The molecule has 0 aliphatic carbocycles. The molecule has 22 heavy (non-hydrogen) atoms. The van der Waals surface area contributed by atoms with Gasteiger partial charge in [0.2, 0.25) is 0 Å². The van der Waals surface area contributed by atoms with E-state index in [1.807, 2.05) is 0 Å². The molecule has 4 nitrogen and oxygen atoms in total. The zero-order valence-electron chi connectivity index (χ0n) is 13.7. The van der Waals surface area contributed by atoms with Gasteiger partial charge >= 0.3 is 11.2 Å². The molecule has 0 radical (unpaired) electrons. The minimum Gasteiger partial charge on any atom is -0.768 e. The summed E-state index contributed by atoms with van der Waals surface area (Å²) in [7, 11) is 0.